The van der Waals surface area contributed by atoms with Gasteiger partial charge in [-0.25, -0.2) is 4.39 Å². The van der Waals surface area contributed by atoms with Gasteiger partial charge >= 0.3 is 6.18 Å². The predicted octanol–water partition coefficient (Wildman–Crippen LogP) is 8.26. The summed E-state index contributed by atoms with van der Waals surface area (Å²) in [6.07, 6.45) is -0.534. The first-order chi connectivity index (χ1) is 20.1. The van der Waals surface area contributed by atoms with E-state index in [4.69, 9.17) is 16.3 Å². The highest BCUT2D eigenvalue weighted by Crippen LogP contribution is 2.42. The standard InChI is InChI=1S/C31H27ClF5N3O2/c1-38-28(41)6-4-2-3-5-15-42-22-11-7-19(8-12-22)29(20-9-14-27-24(16-20)30(34)40-39-27)25(18-31(35,36)37)23-13-10-21(33)17-26(23)32/h4,6-14,16-17H,2-3,5,15,18H2,1H3,(H,38,41)(H,39,40)/b6-4+,29-25+. The average Bonchev–Trinajstić information content (AvgIpc) is 3.32. The lowest BCUT2D eigenvalue weighted by molar-refractivity contribution is -0.123. The number of nitrogens with one attached hydrogen (secondary N) is 2. The van der Waals surface area contributed by atoms with Gasteiger partial charge in [0.1, 0.15) is 11.6 Å². The lowest BCUT2D eigenvalue weighted by atomic mass is 9.87. The maximum atomic E-state index is 14.4. The Bertz CT molecular complexity index is 1610. The molecule has 0 aliphatic carbocycles. The van der Waals surface area contributed by atoms with E-state index in [-0.39, 0.29) is 33.0 Å². The number of nitrogens with zero attached hydrogens (tertiary/aromatic N) is 1. The Morgan fingerprint density at radius 1 is 1.02 bits per heavy atom. The molecule has 0 aliphatic rings. The highest BCUT2D eigenvalue weighted by molar-refractivity contribution is 6.32. The van der Waals surface area contributed by atoms with Gasteiger partial charge in [-0.05, 0) is 89.6 Å². The van der Waals surface area contributed by atoms with E-state index in [0.717, 1.165) is 25.0 Å². The first kappa shape index (κ1) is 30.8. The number of amides is 1. The molecule has 11 heteroatoms. The van der Waals surface area contributed by atoms with Crippen LogP contribution in [0.25, 0.3) is 22.0 Å². The normalized spacial score (nSPS) is 12.5. The molecular weight excluding hydrogens is 577 g/mol. The SMILES string of the molecule is CNC(=O)/C=C/CCCCOc1ccc(/C(=C(/CC(F)(F)F)c2ccc(F)cc2Cl)c2ccc3n[nH]c(F)c3c2)cc1. The van der Waals surface area contributed by atoms with Gasteiger partial charge in [0.15, 0.2) is 0 Å². The largest absolute Gasteiger partial charge is 0.494 e. The maximum absolute atomic E-state index is 14.4. The van der Waals surface area contributed by atoms with Crippen LogP contribution in [0.15, 0.2) is 72.8 Å². The van der Waals surface area contributed by atoms with Gasteiger partial charge in [-0.1, -0.05) is 41.9 Å². The van der Waals surface area contributed by atoms with E-state index in [1.165, 1.54) is 24.3 Å². The van der Waals surface area contributed by atoms with Gasteiger partial charge in [0.25, 0.3) is 0 Å². The summed E-state index contributed by atoms with van der Waals surface area (Å²) in [6, 6.07) is 14.2. The Balaban J connectivity index is 1.70. The zero-order valence-corrected chi connectivity index (χ0v) is 23.3. The van der Waals surface area contributed by atoms with Crippen LogP contribution in [0.2, 0.25) is 5.02 Å². The fraction of sp³-hybridized carbons (Fsp3) is 0.226. The number of H-pyrrole nitrogens is 1. The second-order valence-electron chi connectivity index (χ2n) is 9.42. The number of carbonyl (C=O) groups excluding carboxylic acids is 1. The number of rotatable bonds is 11. The Labute approximate surface area is 244 Å². The molecule has 2 N–H and O–H groups in total. The summed E-state index contributed by atoms with van der Waals surface area (Å²) in [6.45, 7) is 0.400. The first-order valence-electron chi connectivity index (χ1n) is 13.1. The molecule has 220 valence electrons. The van der Waals surface area contributed by atoms with Gasteiger partial charge in [-0.3, -0.25) is 9.89 Å². The van der Waals surface area contributed by atoms with Crippen molar-refractivity contribution in [2.45, 2.75) is 31.9 Å². The summed E-state index contributed by atoms with van der Waals surface area (Å²) in [5, 5.41) is 8.51. The van der Waals surface area contributed by atoms with Gasteiger partial charge in [-0.2, -0.15) is 22.7 Å². The minimum absolute atomic E-state index is 0.00366. The molecule has 0 radical (unpaired) electrons. The molecule has 0 aliphatic heterocycles. The number of benzene rings is 3. The smallest absolute Gasteiger partial charge is 0.393 e. The molecule has 0 bridgehead atoms. The van der Waals surface area contributed by atoms with Crippen molar-refractivity contribution in [3.8, 4) is 5.75 Å². The monoisotopic (exact) mass is 603 g/mol. The molecule has 0 spiro atoms. The van der Waals surface area contributed by atoms with Crippen molar-refractivity contribution < 1.29 is 31.5 Å². The summed E-state index contributed by atoms with van der Waals surface area (Å²) in [5.41, 5.74) is 0.946. The molecule has 4 rings (SSSR count). The molecule has 0 saturated carbocycles. The zero-order valence-electron chi connectivity index (χ0n) is 22.5. The third-order valence-electron chi connectivity index (χ3n) is 6.42. The third kappa shape index (κ3) is 7.97. The average molecular weight is 604 g/mol. The van der Waals surface area contributed by atoms with Crippen molar-refractivity contribution in [3.63, 3.8) is 0 Å². The molecule has 0 unspecified atom stereocenters. The van der Waals surface area contributed by atoms with Gasteiger partial charge in [0, 0.05) is 7.05 Å². The zero-order chi connectivity index (χ0) is 30.3. The van der Waals surface area contributed by atoms with Crippen LogP contribution >= 0.6 is 11.6 Å². The number of halogens is 6. The van der Waals surface area contributed by atoms with E-state index in [2.05, 4.69) is 15.5 Å². The molecule has 0 fully saturated rings. The van der Waals surface area contributed by atoms with Crippen molar-refractivity contribution in [2.24, 2.45) is 0 Å². The number of hydrogen-bond acceptors (Lipinski definition) is 3. The van der Waals surface area contributed by atoms with Crippen molar-refractivity contribution >= 4 is 39.6 Å². The number of alkyl halides is 3. The van der Waals surface area contributed by atoms with Crippen molar-refractivity contribution in [1.29, 1.82) is 0 Å². The fourth-order valence-corrected chi connectivity index (χ4v) is 4.73. The highest BCUT2D eigenvalue weighted by atomic mass is 35.5. The van der Waals surface area contributed by atoms with Gasteiger partial charge in [-0.15, -0.1) is 0 Å². The minimum atomic E-state index is -4.64. The van der Waals surface area contributed by atoms with Crippen molar-refractivity contribution in [3.05, 3.63) is 106 Å². The quantitative estimate of drug-likeness (QED) is 0.0785. The maximum Gasteiger partial charge on any atom is 0.393 e. The van der Waals surface area contributed by atoms with E-state index in [1.54, 1.807) is 43.5 Å². The van der Waals surface area contributed by atoms with Crippen LogP contribution in [0.5, 0.6) is 5.75 Å². The molecule has 0 saturated heterocycles. The number of hydrogen-bond donors (Lipinski definition) is 2. The lowest BCUT2D eigenvalue weighted by Crippen LogP contribution is -2.13. The van der Waals surface area contributed by atoms with Crippen LogP contribution in [0.1, 0.15) is 42.4 Å². The molecule has 5 nitrogen and oxygen atoms in total. The molecule has 1 heterocycles. The number of likely N-dealkylation sites (N-methyl/N-ethyl adjacent to an activating group) is 1. The fourth-order valence-electron chi connectivity index (χ4n) is 4.45. The number of fused-ring (bicyclic) bond motifs is 1. The van der Waals surface area contributed by atoms with Crippen LogP contribution in [-0.4, -0.2) is 35.9 Å². The van der Waals surface area contributed by atoms with Gasteiger partial charge < -0.3 is 10.1 Å². The highest BCUT2D eigenvalue weighted by Gasteiger charge is 2.32. The Hall–Kier alpha value is -4.18. The summed E-state index contributed by atoms with van der Waals surface area (Å²) < 4.78 is 75.9. The van der Waals surface area contributed by atoms with Crippen molar-refractivity contribution in [2.75, 3.05) is 13.7 Å². The number of carbonyl (C=O) groups is 1. The molecular formula is C31H27ClF5N3O2. The van der Waals surface area contributed by atoms with Gasteiger partial charge in [0.05, 0.1) is 29.0 Å². The summed E-state index contributed by atoms with van der Waals surface area (Å²) >= 11 is 6.27. The Morgan fingerprint density at radius 2 is 1.76 bits per heavy atom. The number of aromatic nitrogens is 2. The Kier molecular flexibility index (Phi) is 10.0. The molecule has 0 atom stereocenters. The summed E-state index contributed by atoms with van der Waals surface area (Å²) in [7, 11) is 1.55. The van der Waals surface area contributed by atoms with Crippen LogP contribution < -0.4 is 10.1 Å². The van der Waals surface area contributed by atoms with E-state index in [0.29, 0.717) is 35.4 Å². The number of aromatic amines is 1. The Morgan fingerprint density at radius 3 is 2.45 bits per heavy atom. The molecule has 3 aromatic carbocycles. The molecule has 1 aromatic heterocycles. The van der Waals surface area contributed by atoms with Crippen LogP contribution in [0.3, 0.4) is 0 Å². The molecule has 42 heavy (non-hydrogen) atoms. The van der Waals surface area contributed by atoms with Crippen molar-refractivity contribution in [1.82, 2.24) is 15.5 Å². The second-order valence-corrected chi connectivity index (χ2v) is 9.83. The summed E-state index contributed by atoms with van der Waals surface area (Å²) in [5.74, 6) is -1.08. The van der Waals surface area contributed by atoms with Crippen LogP contribution in [-0.2, 0) is 4.79 Å². The number of unbranched alkanes of at least 4 members (excludes halogenated alkanes) is 2. The summed E-state index contributed by atoms with van der Waals surface area (Å²) in [4.78, 5) is 11.2. The number of ether oxygens (including phenoxy) is 1. The van der Waals surface area contributed by atoms with E-state index in [1.807, 2.05) is 0 Å². The van der Waals surface area contributed by atoms with Crippen LogP contribution in [0, 0.1) is 11.8 Å². The van der Waals surface area contributed by atoms with E-state index < -0.39 is 24.4 Å². The number of allylic oxidation sites excluding steroid dienone is 2. The minimum Gasteiger partial charge on any atom is -0.494 e. The third-order valence-corrected chi connectivity index (χ3v) is 6.74. The lowest BCUT2D eigenvalue weighted by Gasteiger charge is -2.20. The molecule has 4 aromatic rings. The van der Waals surface area contributed by atoms with Crippen LogP contribution in [0.4, 0.5) is 22.0 Å². The predicted molar refractivity (Wildman–Crippen MR) is 153 cm³/mol. The van der Waals surface area contributed by atoms with E-state index >= 15 is 0 Å². The first-order valence-corrected chi connectivity index (χ1v) is 13.4. The van der Waals surface area contributed by atoms with Gasteiger partial charge in [0.2, 0.25) is 11.9 Å². The van der Waals surface area contributed by atoms with E-state index in [9.17, 15) is 26.7 Å². The second kappa shape index (κ2) is 13.7. The topological polar surface area (TPSA) is 67.0 Å². The molecule has 1 amide bonds.